The van der Waals surface area contributed by atoms with E-state index in [0.717, 1.165) is 18.4 Å². The van der Waals surface area contributed by atoms with Crippen LogP contribution in [0.5, 0.6) is 0 Å². The number of hydrogen-bond donors (Lipinski definition) is 1. The highest BCUT2D eigenvalue weighted by atomic mass is 16.4. The van der Waals surface area contributed by atoms with Crippen LogP contribution in [-0.2, 0) is 0 Å². The Bertz CT molecular complexity index is 613. The topological polar surface area (TPSA) is 68.0 Å². The molecule has 1 N–H and O–H groups in total. The maximum atomic E-state index is 11.2. The van der Waals surface area contributed by atoms with Gasteiger partial charge in [0.15, 0.2) is 0 Å². The number of aromatic carboxylic acids is 1. The molecule has 0 amide bonds. The summed E-state index contributed by atoms with van der Waals surface area (Å²) in [6, 6.07) is 5.63. The molecule has 1 saturated carbocycles. The first-order valence-electron chi connectivity index (χ1n) is 7.34. The van der Waals surface area contributed by atoms with Crippen molar-refractivity contribution in [3.05, 3.63) is 23.8 Å². The van der Waals surface area contributed by atoms with Gasteiger partial charge in [-0.25, -0.2) is 9.48 Å². The van der Waals surface area contributed by atoms with Crippen LogP contribution in [0, 0.1) is 0 Å². The molecule has 1 aromatic heterocycles. The van der Waals surface area contributed by atoms with Gasteiger partial charge >= 0.3 is 5.97 Å². The van der Waals surface area contributed by atoms with Crippen LogP contribution in [0.2, 0.25) is 0 Å². The second kappa shape index (κ2) is 5.61. The minimum atomic E-state index is -0.944. The van der Waals surface area contributed by atoms with Crippen molar-refractivity contribution in [2.24, 2.45) is 0 Å². The molecule has 1 fully saturated rings. The molecule has 3 rings (SSSR count). The molecule has 1 aliphatic rings. The summed E-state index contributed by atoms with van der Waals surface area (Å²) in [5, 5.41) is 17.5. The first kappa shape index (κ1) is 13.1. The van der Waals surface area contributed by atoms with Crippen molar-refractivity contribution < 1.29 is 9.90 Å². The number of benzene rings is 1. The van der Waals surface area contributed by atoms with E-state index in [9.17, 15) is 9.90 Å². The van der Waals surface area contributed by atoms with Crippen LogP contribution in [0.1, 0.15) is 61.3 Å². The van der Waals surface area contributed by atoms with Gasteiger partial charge in [0.05, 0.1) is 17.1 Å². The molecule has 0 saturated heterocycles. The zero-order valence-corrected chi connectivity index (χ0v) is 11.5. The number of carboxylic acid groups (broad SMARTS) is 1. The molecule has 0 aliphatic heterocycles. The third-order valence-electron chi connectivity index (χ3n) is 4.15. The SMILES string of the molecule is O=C(O)c1cccc2c1nnn2C1CCCCCCC1. The van der Waals surface area contributed by atoms with E-state index in [2.05, 4.69) is 10.3 Å². The van der Waals surface area contributed by atoms with Gasteiger partial charge in [0, 0.05) is 0 Å². The summed E-state index contributed by atoms with van der Waals surface area (Å²) in [7, 11) is 0. The Morgan fingerprint density at radius 3 is 2.55 bits per heavy atom. The van der Waals surface area contributed by atoms with Crippen molar-refractivity contribution in [3.8, 4) is 0 Å². The minimum Gasteiger partial charge on any atom is -0.478 e. The predicted molar refractivity (Wildman–Crippen MR) is 75.8 cm³/mol. The van der Waals surface area contributed by atoms with Crippen LogP contribution < -0.4 is 0 Å². The Labute approximate surface area is 117 Å². The van der Waals surface area contributed by atoms with E-state index in [-0.39, 0.29) is 5.56 Å². The maximum Gasteiger partial charge on any atom is 0.338 e. The molecule has 1 aromatic carbocycles. The molecule has 2 aromatic rings. The van der Waals surface area contributed by atoms with Crippen LogP contribution in [0.4, 0.5) is 0 Å². The van der Waals surface area contributed by atoms with Gasteiger partial charge in [0.25, 0.3) is 0 Å². The van der Waals surface area contributed by atoms with Crippen molar-refractivity contribution >= 4 is 17.0 Å². The van der Waals surface area contributed by atoms with Crippen molar-refractivity contribution in [1.82, 2.24) is 15.0 Å². The van der Waals surface area contributed by atoms with E-state index in [1.165, 1.54) is 32.1 Å². The van der Waals surface area contributed by atoms with Crippen molar-refractivity contribution in [3.63, 3.8) is 0 Å². The molecule has 106 valence electrons. The number of carbonyl (C=O) groups is 1. The Balaban J connectivity index is 1.99. The normalized spacial score (nSPS) is 17.8. The fourth-order valence-electron chi connectivity index (χ4n) is 3.08. The van der Waals surface area contributed by atoms with Crippen LogP contribution in [0.25, 0.3) is 11.0 Å². The molecule has 1 aliphatic carbocycles. The molecular formula is C15H19N3O2. The molecular weight excluding hydrogens is 254 g/mol. The lowest BCUT2D eigenvalue weighted by Crippen LogP contribution is -2.12. The summed E-state index contributed by atoms with van der Waals surface area (Å²) in [5.74, 6) is -0.944. The van der Waals surface area contributed by atoms with Crippen molar-refractivity contribution in [2.45, 2.75) is 51.0 Å². The number of nitrogens with zero attached hydrogens (tertiary/aromatic N) is 3. The van der Waals surface area contributed by atoms with Gasteiger partial charge in [0.1, 0.15) is 5.52 Å². The first-order chi connectivity index (χ1) is 9.77. The van der Waals surface area contributed by atoms with E-state index < -0.39 is 5.97 Å². The number of hydrogen-bond acceptors (Lipinski definition) is 3. The number of fused-ring (bicyclic) bond motifs is 1. The predicted octanol–water partition coefficient (Wildman–Crippen LogP) is 3.41. The Kier molecular flexibility index (Phi) is 3.67. The van der Waals surface area contributed by atoms with Crippen molar-refractivity contribution in [2.75, 3.05) is 0 Å². The fraction of sp³-hybridized carbons (Fsp3) is 0.533. The fourth-order valence-corrected chi connectivity index (χ4v) is 3.08. The quantitative estimate of drug-likeness (QED) is 0.910. The molecule has 0 unspecified atom stereocenters. The third-order valence-corrected chi connectivity index (χ3v) is 4.15. The lowest BCUT2D eigenvalue weighted by atomic mass is 9.96. The highest BCUT2D eigenvalue weighted by Gasteiger charge is 2.19. The molecule has 0 radical (unpaired) electrons. The Morgan fingerprint density at radius 2 is 1.85 bits per heavy atom. The summed E-state index contributed by atoms with van der Waals surface area (Å²) >= 11 is 0. The van der Waals surface area contributed by atoms with E-state index in [0.29, 0.717) is 11.6 Å². The van der Waals surface area contributed by atoms with Crippen molar-refractivity contribution in [1.29, 1.82) is 0 Å². The van der Waals surface area contributed by atoms with E-state index in [1.807, 2.05) is 10.7 Å². The van der Waals surface area contributed by atoms with Gasteiger partial charge < -0.3 is 5.11 Å². The molecule has 5 nitrogen and oxygen atoms in total. The van der Waals surface area contributed by atoms with E-state index in [4.69, 9.17) is 0 Å². The summed E-state index contributed by atoms with van der Waals surface area (Å²) < 4.78 is 1.94. The summed E-state index contributed by atoms with van der Waals surface area (Å²) in [6.07, 6.45) is 8.53. The Hall–Kier alpha value is -1.91. The van der Waals surface area contributed by atoms with Gasteiger partial charge in [0.2, 0.25) is 0 Å². The summed E-state index contributed by atoms with van der Waals surface area (Å²) in [5.41, 5.74) is 1.58. The smallest absolute Gasteiger partial charge is 0.338 e. The first-order valence-corrected chi connectivity index (χ1v) is 7.34. The highest BCUT2D eigenvalue weighted by molar-refractivity contribution is 6.00. The van der Waals surface area contributed by atoms with Gasteiger partial charge in [-0.1, -0.05) is 43.4 Å². The Morgan fingerprint density at radius 1 is 1.15 bits per heavy atom. The molecule has 0 bridgehead atoms. The highest BCUT2D eigenvalue weighted by Crippen LogP contribution is 2.29. The van der Waals surface area contributed by atoms with Gasteiger partial charge in [-0.05, 0) is 25.0 Å². The van der Waals surface area contributed by atoms with Crippen LogP contribution >= 0.6 is 0 Å². The van der Waals surface area contributed by atoms with Gasteiger partial charge in [-0.15, -0.1) is 5.10 Å². The molecule has 0 atom stereocenters. The second-order valence-electron chi connectivity index (χ2n) is 5.51. The largest absolute Gasteiger partial charge is 0.478 e. The van der Waals surface area contributed by atoms with Crippen LogP contribution in [0.3, 0.4) is 0 Å². The third kappa shape index (κ3) is 2.40. The van der Waals surface area contributed by atoms with E-state index >= 15 is 0 Å². The second-order valence-corrected chi connectivity index (χ2v) is 5.51. The average molecular weight is 273 g/mol. The average Bonchev–Trinajstić information content (AvgIpc) is 2.82. The zero-order valence-electron chi connectivity index (χ0n) is 11.5. The lowest BCUT2D eigenvalue weighted by Gasteiger charge is -2.20. The van der Waals surface area contributed by atoms with Gasteiger partial charge in [-0.3, -0.25) is 0 Å². The number of aromatic nitrogens is 3. The van der Waals surface area contributed by atoms with E-state index in [1.54, 1.807) is 12.1 Å². The summed E-state index contributed by atoms with van der Waals surface area (Å²) in [6.45, 7) is 0. The maximum absolute atomic E-state index is 11.2. The molecule has 5 heteroatoms. The lowest BCUT2D eigenvalue weighted by molar-refractivity contribution is 0.0699. The number of rotatable bonds is 2. The van der Waals surface area contributed by atoms with Crippen LogP contribution in [0.15, 0.2) is 18.2 Å². The molecule has 0 spiro atoms. The monoisotopic (exact) mass is 273 g/mol. The minimum absolute atomic E-state index is 0.236. The standard InChI is InChI=1S/C15H19N3O2/c19-15(20)12-9-6-10-13-14(12)16-17-18(13)11-7-4-2-1-3-5-8-11/h6,9-11H,1-5,7-8H2,(H,19,20). The van der Waals surface area contributed by atoms with Gasteiger partial charge in [-0.2, -0.15) is 0 Å². The molecule has 20 heavy (non-hydrogen) atoms. The molecule has 1 heterocycles. The zero-order chi connectivity index (χ0) is 13.9. The summed E-state index contributed by atoms with van der Waals surface area (Å²) in [4.78, 5) is 11.2. The van der Waals surface area contributed by atoms with Crippen LogP contribution in [-0.4, -0.2) is 26.1 Å². The number of carboxylic acids is 1.